The molecule has 2 unspecified atom stereocenters. The molecule has 1 rings (SSSR count). The van der Waals surface area contributed by atoms with Crippen LogP contribution in [-0.2, 0) is 13.6 Å². The van der Waals surface area contributed by atoms with Crippen LogP contribution in [0.1, 0.15) is 317 Å². The van der Waals surface area contributed by atoms with Gasteiger partial charge in [0.1, 0.15) is 18.9 Å². The Bertz CT molecular complexity index is 984. The zero-order valence-electron chi connectivity index (χ0n) is 44.6. The monoisotopic (exact) mass is 904 g/mol. The van der Waals surface area contributed by atoms with Crippen LogP contribution in [0, 0.1) is 24.7 Å². The van der Waals surface area contributed by atoms with Crippen molar-refractivity contribution in [1.29, 1.82) is 0 Å². The lowest BCUT2D eigenvalue weighted by molar-refractivity contribution is -0.700. The van der Waals surface area contributed by atoms with Crippen LogP contribution in [0.15, 0.2) is 12.4 Å². The van der Waals surface area contributed by atoms with Gasteiger partial charge in [0.2, 0.25) is 0 Å². The molecule has 63 heavy (non-hydrogen) atoms. The first-order valence-electron chi connectivity index (χ1n) is 29.1. The van der Waals surface area contributed by atoms with Crippen LogP contribution in [0.25, 0.3) is 0 Å². The van der Waals surface area contributed by atoms with E-state index in [1.165, 1.54) is 282 Å². The van der Waals surface area contributed by atoms with E-state index in [0.29, 0.717) is 6.04 Å². The van der Waals surface area contributed by atoms with Crippen molar-refractivity contribution in [2.75, 3.05) is 6.54 Å². The molecule has 0 aliphatic carbocycles. The predicted octanol–water partition coefficient (Wildman–Crippen LogP) is 16.3. The molecule has 0 saturated heterocycles. The van der Waals surface area contributed by atoms with Gasteiger partial charge in [-0.1, -0.05) is 291 Å². The van der Waals surface area contributed by atoms with Crippen LogP contribution in [0.2, 0.25) is 0 Å². The Balaban J connectivity index is 0.0000384. The maximum Gasteiger partial charge on any atom is 0.253 e. The van der Waals surface area contributed by atoms with Gasteiger partial charge < -0.3 is 17.7 Å². The molecule has 2 atom stereocenters. The molecule has 0 fully saturated rings. The summed E-state index contributed by atoms with van der Waals surface area (Å²) in [5.74, 6) is 4.01. The van der Waals surface area contributed by atoms with E-state index in [9.17, 15) is 0 Å². The van der Waals surface area contributed by atoms with Crippen LogP contribution < -0.4 is 22.3 Å². The second-order valence-corrected chi connectivity index (χ2v) is 21.6. The highest BCUT2D eigenvalue weighted by atomic mass is 35.5. The zero-order valence-corrected chi connectivity index (χ0v) is 45.3. The van der Waals surface area contributed by atoms with Gasteiger partial charge >= 0.3 is 0 Å². The summed E-state index contributed by atoms with van der Waals surface area (Å²) >= 11 is 0. The van der Waals surface area contributed by atoms with E-state index in [4.69, 9.17) is 0 Å². The highest BCUT2D eigenvalue weighted by Crippen LogP contribution is 2.26. The fourth-order valence-corrected chi connectivity index (χ4v) is 10.3. The Morgan fingerprint density at radius 2 is 0.810 bits per heavy atom. The highest BCUT2D eigenvalue weighted by Gasteiger charge is 2.15. The van der Waals surface area contributed by atoms with Gasteiger partial charge in [-0.25, -0.2) is 9.13 Å². The first-order chi connectivity index (χ1) is 30.4. The summed E-state index contributed by atoms with van der Waals surface area (Å²) in [6.07, 6.45) is 67.1. The average molecular weight is 905 g/mol. The van der Waals surface area contributed by atoms with Gasteiger partial charge in [0.15, 0.2) is 0 Å². The van der Waals surface area contributed by atoms with Crippen molar-refractivity contribution in [3.8, 4) is 0 Å². The molecule has 1 N–H and O–H groups in total. The quantitative estimate of drug-likeness (QED) is 0.0510. The van der Waals surface area contributed by atoms with Gasteiger partial charge in [0.05, 0.1) is 7.05 Å². The van der Waals surface area contributed by atoms with E-state index in [-0.39, 0.29) is 12.4 Å². The SMILES string of the molecule is CCCCCCCCCCCCCCCCCCC(CCCCCCCCCCCCCCCCCC)CCCCC(CCC(C)CCCC(C)C)NCC[n+]1ccn(C)c1C.[Cl-]. The summed E-state index contributed by atoms with van der Waals surface area (Å²) in [5.41, 5.74) is 0. The number of aryl methyl sites for hydroxylation is 1. The van der Waals surface area contributed by atoms with Crippen LogP contribution in [-0.4, -0.2) is 17.2 Å². The lowest BCUT2D eigenvalue weighted by Crippen LogP contribution is -3.00. The molecule has 0 bridgehead atoms. The lowest BCUT2D eigenvalue weighted by Gasteiger charge is -2.22. The Morgan fingerprint density at radius 3 is 1.17 bits per heavy atom. The summed E-state index contributed by atoms with van der Waals surface area (Å²) in [7, 11) is 2.16. The molecule has 0 saturated carbocycles. The van der Waals surface area contributed by atoms with Crippen molar-refractivity contribution in [2.45, 2.75) is 330 Å². The minimum absolute atomic E-state index is 0. The normalized spacial score (nSPS) is 12.8. The van der Waals surface area contributed by atoms with E-state index in [2.05, 4.69) is 75.4 Å². The molecule has 0 aliphatic heterocycles. The van der Waals surface area contributed by atoms with E-state index in [0.717, 1.165) is 30.8 Å². The van der Waals surface area contributed by atoms with Gasteiger partial charge in [0, 0.05) is 19.5 Å². The van der Waals surface area contributed by atoms with Gasteiger partial charge in [-0.15, -0.1) is 0 Å². The molecule has 0 spiro atoms. The first kappa shape index (κ1) is 62.5. The minimum Gasteiger partial charge on any atom is -1.00 e. The van der Waals surface area contributed by atoms with Crippen molar-refractivity contribution < 1.29 is 17.0 Å². The second-order valence-electron chi connectivity index (χ2n) is 21.6. The second kappa shape index (κ2) is 47.9. The third kappa shape index (κ3) is 41.4. The molecule has 0 aromatic carbocycles. The Morgan fingerprint density at radius 1 is 0.444 bits per heavy atom. The van der Waals surface area contributed by atoms with Crippen LogP contribution in [0.5, 0.6) is 0 Å². The Labute approximate surface area is 404 Å². The lowest BCUT2D eigenvalue weighted by atomic mass is 9.88. The van der Waals surface area contributed by atoms with Gasteiger partial charge in [-0.2, -0.15) is 0 Å². The van der Waals surface area contributed by atoms with Crippen molar-refractivity contribution >= 4 is 0 Å². The molecule has 3 nitrogen and oxygen atoms in total. The molecule has 1 aromatic heterocycles. The number of nitrogens with zero attached hydrogens (tertiary/aromatic N) is 2. The highest BCUT2D eigenvalue weighted by molar-refractivity contribution is 4.77. The summed E-state index contributed by atoms with van der Waals surface area (Å²) in [6.45, 7) is 16.3. The first-order valence-corrected chi connectivity index (χ1v) is 29.1. The smallest absolute Gasteiger partial charge is 0.253 e. The molecule has 1 heterocycles. The number of hydrogen-bond donors (Lipinski definition) is 1. The standard InChI is InChI=1S/C59H118N3.ClH/c1-8-10-12-14-16-18-20-22-24-26-28-30-32-34-36-38-45-58(46-39-37-35-33-31-29-27-25-23-21-19-17-15-13-11-9-2)47-40-41-48-59(50-49-56(5)44-42-43-55(3)4)60-51-52-62-54-53-61(7)57(62)6;/h53-56,58-60H,8-52H2,1-7H3;1H/q+1;/p-1. The summed E-state index contributed by atoms with van der Waals surface area (Å²) in [6, 6.07) is 0.672. The van der Waals surface area contributed by atoms with Crippen molar-refractivity contribution in [3.63, 3.8) is 0 Å². The summed E-state index contributed by atoms with van der Waals surface area (Å²) < 4.78 is 4.66. The maximum atomic E-state index is 4.06. The zero-order chi connectivity index (χ0) is 45.0. The van der Waals surface area contributed by atoms with Crippen LogP contribution in [0.3, 0.4) is 0 Å². The number of nitrogens with one attached hydrogen (secondary N) is 1. The number of halogens is 1. The number of rotatable bonds is 50. The van der Waals surface area contributed by atoms with E-state index in [1.807, 2.05) is 0 Å². The number of imidazole rings is 1. The van der Waals surface area contributed by atoms with Crippen LogP contribution >= 0.6 is 0 Å². The summed E-state index contributed by atoms with van der Waals surface area (Å²) in [5, 5.41) is 4.06. The molecule has 0 amide bonds. The van der Waals surface area contributed by atoms with Gasteiger partial charge in [-0.05, 0) is 37.0 Å². The average Bonchev–Trinajstić information content (AvgIpc) is 3.58. The van der Waals surface area contributed by atoms with Crippen molar-refractivity contribution in [2.24, 2.45) is 24.8 Å². The molecular formula is C59H118ClN3. The molecule has 0 aliphatic rings. The van der Waals surface area contributed by atoms with E-state index in [1.54, 1.807) is 0 Å². The van der Waals surface area contributed by atoms with Crippen molar-refractivity contribution in [1.82, 2.24) is 9.88 Å². The maximum absolute atomic E-state index is 4.06. The fourth-order valence-electron chi connectivity index (χ4n) is 10.3. The Hall–Kier alpha value is -0.540. The summed E-state index contributed by atoms with van der Waals surface area (Å²) in [4.78, 5) is 0. The third-order valence-corrected chi connectivity index (χ3v) is 15.0. The molecule has 4 heteroatoms. The molecule has 376 valence electrons. The number of aromatic nitrogens is 2. The van der Waals surface area contributed by atoms with Crippen molar-refractivity contribution in [3.05, 3.63) is 18.2 Å². The topological polar surface area (TPSA) is 20.8 Å². The predicted molar refractivity (Wildman–Crippen MR) is 280 cm³/mol. The molecule has 0 radical (unpaired) electrons. The fraction of sp³-hybridized carbons (Fsp3) is 0.949. The van der Waals surface area contributed by atoms with E-state index < -0.39 is 0 Å². The van der Waals surface area contributed by atoms with Crippen LogP contribution in [0.4, 0.5) is 0 Å². The number of hydrogen-bond acceptors (Lipinski definition) is 1. The van der Waals surface area contributed by atoms with E-state index >= 15 is 0 Å². The number of unbranched alkanes of at least 4 members (excludes halogenated alkanes) is 31. The minimum atomic E-state index is 0. The third-order valence-electron chi connectivity index (χ3n) is 15.0. The molecule has 1 aromatic rings. The largest absolute Gasteiger partial charge is 1.00 e. The van der Waals surface area contributed by atoms with Gasteiger partial charge in [-0.3, -0.25) is 0 Å². The van der Waals surface area contributed by atoms with Gasteiger partial charge in [0.25, 0.3) is 5.82 Å². The molecular weight excluding hydrogens is 786 g/mol. The Kier molecular flexibility index (Phi) is 47.5.